The molecule has 0 saturated carbocycles. The number of carbonyl (C=O) groups excluding carboxylic acids is 2. The Labute approximate surface area is 198 Å². The van der Waals surface area contributed by atoms with Crippen molar-refractivity contribution in [2.24, 2.45) is 0 Å². The van der Waals surface area contributed by atoms with Crippen LogP contribution >= 0.6 is 0 Å². The minimum Gasteiger partial charge on any atom is -0.497 e. The van der Waals surface area contributed by atoms with Gasteiger partial charge in [0, 0.05) is 18.3 Å². The number of amides is 2. The predicted molar refractivity (Wildman–Crippen MR) is 130 cm³/mol. The van der Waals surface area contributed by atoms with Crippen molar-refractivity contribution >= 4 is 23.2 Å². The number of benzene rings is 3. The summed E-state index contributed by atoms with van der Waals surface area (Å²) in [5, 5.41) is 6.17. The molecule has 176 valence electrons. The minimum atomic E-state index is -0.513. The van der Waals surface area contributed by atoms with E-state index in [4.69, 9.17) is 14.2 Å². The number of fused-ring (bicyclic) bond motifs is 1. The molecule has 2 amide bonds. The number of para-hydroxylation sites is 1. The van der Waals surface area contributed by atoms with E-state index in [0.717, 1.165) is 11.3 Å². The zero-order valence-corrected chi connectivity index (χ0v) is 19.3. The van der Waals surface area contributed by atoms with Crippen LogP contribution in [0.25, 0.3) is 0 Å². The van der Waals surface area contributed by atoms with Crippen molar-refractivity contribution in [3.05, 3.63) is 77.9 Å². The molecular formula is C26H27N3O5. The van der Waals surface area contributed by atoms with Crippen LogP contribution in [0.4, 0.5) is 11.4 Å². The summed E-state index contributed by atoms with van der Waals surface area (Å²) in [5.41, 5.74) is 2.79. The minimum absolute atomic E-state index is 0.118. The van der Waals surface area contributed by atoms with Gasteiger partial charge >= 0.3 is 0 Å². The van der Waals surface area contributed by atoms with Gasteiger partial charge in [0.2, 0.25) is 0 Å². The van der Waals surface area contributed by atoms with Gasteiger partial charge < -0.3 is 24.8 Å². The summed E-state index contributed by atoms with van der Waals surface area (Å²) in [7, 11) is 3.12. The Morgan fingerprint density at radius 2 is 1.82 bits per heavy atom. The number of rotatable bonds is 8. The zero-order valence-electron chi connectivity index (χ0n) is 19.3. The molecule has 0 bridgehead atoms. The highest BCUT2D eigenvalue weighted by molar-refractivity contribution is 6.12. The average Bonchev–Trinajstić information content (AvgIpc) is 2.87. The van der Waals surface area contributed by atoms with Crippen LogP contribution in [0.1, 0.15) is 29.0 Å². The average molecular weight is 462 g/mol. The molecule has 1 aliphatic rings. The van der Waals surface area contributed by atoms with E-state index in [-0.39, 0.29) is 18.4 Å². The number of ether oxygens (including phenoxy) is 3. The van der Waals surface area contributed by atoms with Crippen molar-refractivity contribution < 1.29 is 23.8 Å². The maximum absolute atomic E-state index is 13.6. The topological polar surface area (TPSA) is 89.1 Å². The highest BCUT2D eigenvalue weighted by Crippen LogP contribution is 2.40. The first kappa shape index (κ1) is 23.0. The summed E-state index contributed by atoms with van der Waals surface area (Å²) in [6.07, 6.45) is -0.513. The van der Waals surface area contributed by atoms with E-state index >= 15 is 0 Å². The van der Waals surface area contributed by atoms with E-state index in [2.05, 4.69) is 10.6 Å². The SMILES string of the molecule is CCNC(=O)COc1ccc(C2Nc3ccccc3C(=O)N2c2cccc(OC)c2)cc1OC. The van der Waals surface area contributed by atoms with Gasteiger partial charge in [-0.25, -0.2) is 0 Å². The number of nitrogens with zero attached hydrogens (tertiary/aromatic N) is 1. The maximum atomic E-state index is 13.6. The molecule has 1 aliphatic heterocycles. The Morgan fingerprint density at radius 3 is 2.59 bits per heavy atom. The Hall–Kier alpha value is -4.20. The lowest BCUT2D eigenvalue weighted by Gasteiger charge is -2.38. The van der Waals surface area contributed by atoms with Gasteiger partial charge in [-0.2, -0.15) is 0 Å². The van der Waals surface area contributed by atoms with Gasteiger partial charge in [0.25, 0.3) is 11.8 Å². The van der Waals surface area contributed by atoms with Crippen LogP contribution in [0.3, 0.4) is 0 Å². The lowest BCUT2D eigenvalue weighted by molar-refractivity contribution is -0.123. The molecule has 0 fully saturated rings. The van der Waals surface area contributed by atoms with E-state index in [1.54, 1.807) is 30.2 Å². The monoisotopic (exact) mass is 461 g/mol. The summed E-state index contributed by atoms with van der Waals surface area (Å²) in [5.74, 6) is 1.19. The number of methoxy groups -OCH3 is 2. The highest BCUT2D eigenvalue weighted by atomic mass is 16.5. The fraction of sp³-hybridized carbons (Fsp3) is 0.231. The van der Waals surface area contributed by atoms with Crippen molar-refractivity contribution in [2.75, 3.05) is 37.6 Å². The van der Waals surface area contributed by atoms with Crippen LogP contribution in [0, 0.1) is 0 Å². The Morgan fingerprint density at radius 1 is 1.00 bits per heavy atom. The Kier molecular flexibility index (Phi) is 6.87. The molecule has 0 saturated heterocycles. The lowest BCUT2D eigenvalue weighted by Crippen LogP contribution is -2.43. The van der Waals surface area contributed by atoms with Gasteiger partial charge in [0.1, 0.15) is 11.9 Å². The normalized spacial score (nSPS) is 14.6. The molecule has 34 heavy (non-hydrogen) atoms. The molecular weight excluding hydrogens is 434 g/mol. The van der Waals surface area contributed by atoms with Gasteiger partial charge in [-0.1, -0.05) is 24.3 Å². The molecule has 4 rings (SSSR count). The van der Waals surface area contributed by atoms with Crippen LogP contribution in [-0.2, 0) is 4.79 Å². The summed E-state index contributed by atoms with van der Waals surface area (Å²) in [6, 6.07) is 20.2. The van der Waals surface area contributed by atoms with E-state index < -0.39 is 6.17 Å². The molecule has 1 atom stereocenters. The van der Waals surface area contributed by atoms with Crippen LogP contribution in [-0.4, -0.2) is 39.2 Å². The number of likely N-dealkylation sites (N-methyl/N-ethyl adjacent to an activating group) is 1. The molecule has 8 heteroatoms. The smallest absolute Gasteiger partial charge is 0.262 e. The second-order valence-electron chi connectivity index (χ2n) is 7.62. The molecule has 8 nitrogen and oxygen atoms in total. The number of anilines is 2. The summed E-state index contributed by atoms with van der Waals surface area (Å²) in [4.78, 5) is 27.1. The van der Waals surface area contributed by atoms with Gasteiger partial charge in [0.05, 0.1) is 25.5 Å². The van der Waals surface area contributed by atoms with E-state index in [1.165, 1.54) is 7.11 Å². The molecule has 0 aromatic heterocycles. The third kappa shape index (κ3) is 4.61. The Bertz CT molecular complexity index is 1200. The Balaban J connectivity index is 1.72. The molecule has 3 aromatic carbocycles. The highest BCUT2D eigenvalue weighted by Gasteiger charge is 2.34. The third-order valence-corrected chi connectivity index (χ3v) is 5.49. The van der Waals surface area contributed by atoms with Gasteiger partial charge in [0.15, 0.2) is 18.1 Å². The fourth-order valence-electron chi connectivity index (χ4n) is 3.88. The molecule has 1 heterocycles. The third-order valence-electron chi connectivity index (χ3n) is 5.49. The second-order valence-corrected chi connectivity index (χ2v) is 7.62. The molecule has 2 N–H and O–H groups in total. The number of nitrogens with one attached hydrogen (secondary N) is 2. The fourth-order valence-corrected chi connectivity index (χ4v) is 3.88. The second kappa shape index (κ2) is 10.2. The largest absolute Gasteiger partial charge is 0.497 e. The molecule has 0 radical (unpaired) electrons. The van der Waals surface area contributed by atoms with Crippen molar-refractivity contribution in [1.29, 1.82) is 0 Å². The summed E-state index contributed by atoms with van der Waals surface area (Å²) < 4.78 is 16.6. The van der Waals surface area contributed by atoms with Crippen molar-refractivity contribution in [3.8, 4) is 17.2 Å². The van der Waals surface area contributed by atoms with Crippen LogP contribution in [0.5, 0.6) is 17.2 Å². The summed E-state index contributed by atoms with van der Waals surface area (Å²) >= 11 is 0. The first-order chi connectivity index (χ1) is 16.5. The standard InChI is InChI=1S/C26H27N3O5/c1-4-27-24(30)16-34-22-13-12-17(14-23(22)33-3)25-28-21-11-6-5-10-20(21)26(31)29(25)18-8-7-9-19(15-18)32-2/h5-15,25,28H,4,16H2,1-3H3,(H,27,30). The van der Waals surface area contributed by atoms with E-state index in [1.807, 2.05) is 55.5 Å². The summed E-state index contributed by atoms with van der Waals surface area (Å²) in [6.45, 7) is 2.26. The molecule has 3 aromatic rings. The van der Waals surface area contributed by atoms with E-state index in [9.17, 15) is 9.59 Å². The van der Waals surface area contributed by atoms with Crippen molar-refractivity contribution in [1.82, 2.24) is 5.32 Å². The first-order valence-corrected chi connectivity index (χ1v) is 11.0. The van der Waals surface area contributed by atoms with Crippen molar-refractivity contribution in [2.45, 2.75) is 13.1 Å². The van der Waals surface area contributed by atoms with Crippen LogP contribution < -0.4 is 29.7 Å². The predicted octanol–water partition coefficient (Wildman–Crippen LogP) is 3.99. The molecule has 0 aliphatic carbocycles. The van der Waals surface area contributed by atoms with Crippen LogP contribution in [0.15, 0.2) is 66.7 Å². The van der Waals surface area contributed by atoms with E-state index in [0.29, 0.717) is 35.0 Å². The molecule has 1 unspecified atom stereocenters. The number of carbonyl (C=O) groups is 2. The number of hydrogen-bond donors (Lipinski definition) is 2. The van der Waals surface area contributed by atoms with Gasteiger partial charge in [-0.05, 0) is 48.9 Å². The van der Waals surface area contributed by atoms with Gasteiger partial charge in [-0.3, -0.25) is 14.5 Å². The molecule has 0 spiro atoms. The van der Waals surface area contributed by atoms with Crippen LogP contribution in [0.2, 0.25) is 0 Å². The zero-order chi connectivity index (χ0) is 24.1. The van der Waals surface area contributed by atoms with Crippen molar-refractivity contribution in [3.63, 3.8) is 0 Å². The lowest BCUT2D eigenvalue weighted by atomic mass is 10.0. The van der Waals surface area contributed by atoms with Gasteiger partial charge in [-0.15, -0.1) is 0 Å². The first-order valence-electron chi connectivity index (χ1n) is 11.0. The number of hydrogen-bond acceptors (Lipinski definition) is 6. The maximum Gasteiger partial charge on any atom is 0.262 e. The quantitative estimate of drug-likeness (QED) is 0.527.